The minimum absolute atomic E-state index is 0.0412. The van der Waals surface area contributed by atoms with Crippen LogP contribution in [-0.4, -0.2) is 34.3 Å². The number of hydrogen-bond acceptors (Lipinski definition) is 6. The first-order valence-corrected chi connectivity index (χ1v) is 9.87. The Bertz CT molecular complexity index is 995. The van der Waals surface area contributed by atoms with Crippen molar-refractivity contribution in [3.63, 3.8) is 0 Å². The van der Waals surface area contributed by atoms with Crippen LogP contribution in [0, 0.1) is 12.8 Å². The van der Waals surface area contributed by atoms with Crippen LogP contribution in [0.1, 0.15) is 59.0 Å². The second kappa shape index (κ2) is 7.45. The summed E-state index contributed by atoms with van der Waals surface area (Å²) < 4.78 is 52.1. The number of aromatic nitrogens is 1. The van der Waals surface area contributed by atoms with Crippen LogP contribution in [0.4, 0.5) is 13.2 Å². The molecule has 160 valence electrons. The Morgan fingerprint density at radius 1 is 1.37 bits per heavy atom. The Morgan fingerprint density at radius 3 is 2.77 bits per heavy atom. The average molecular weight is 421 g/mol. The van der Waals surface area contributed by atoms with E-state index in [9.17, 15) is 18.0 Å². The molecule has 0 bridgehead atoms. The summed E-state index contributed by atoms with van der Waals surface area (Å²) >= 11 is 0. The van der Waals surface area contributed by atoms with Crippen LogP contribution in [0.5, 0.6) is 0 Å². The van der Waals surface area contributed by atoms with E-state index >= 15 is 0 Å². The molecule has 3 heterocycles. The summed E-state index contributed by atoms with van der Waals surface area (Å²) in [5, 5.41) is 6.34. The molecule has 2 aromatic rings. The largest absolute Gasteiger partial charge is 0.460 e. The van der Waals surface area contributed by atoms with Gasteiger partial charge in [-0.3, -0.25) is 9.99 Å². The van der Waals surface area contributed by atoms with E-state index in [1.165, 1.54) is 6.92 Å². The van der Waals surface area contributed by atoms with Crippen molar-refractivity contribution in [3.8, 4) is 0 Å². The van der Waals surface area contributed by atoms with E-state index in [2.05, 4.69) is 10.1 Å². The predicted octanol–water partition coefficient (Wildman–Crippen LogP) is 4.35. The highest BCUT2D eigenvalue weighted by atomic mass is 19.4. The minimum Gasteiger partial charge on any atom is -0.460 e. The summed E-state index contributed by atoms with van der Waals surface area (Å²) in [6.07, 6.45) is -2.11. The van der Waals surface area contributed by atoms with Crippen molar-refractivity contribution in [1.29, 1.82) is 0 Å². The molecular weight excluding hydrogens is 399 g/mol. The van der Waals surface area contributed by atoms with E-state index in [0.717, 1.165) is 11.3 Å². The van der Waals surface area contributed by atoms with Crippen LogP contribution in [0.25, 0.3) is 0 Å². The molecule has 0 aromatic carbocycles. The van der Waals surface area contributed by atoms with Gasteiger partial charge in [-0.05, 0) is 38.8 Å². The number of nitrogens with zero attached hydrogens (tertiary/aromatic N) is 3. The van der Waals surface area contributed by atoms with Gasteiger partial charge in [0, 0.05) is 24.2 Å². The van der Waals surface area contributed by atoms with Crippen molar-refractivity contribution < 1.29 is 27.1 Å². The summed E-state index contributed by atoms with van der Waals surface area (Å²) in [5.74, 6) is -1.92. The van der Waals surface area contributed by atoms with Gasteiger partial charge in [0.1, 0.15) is 11.3 Å². The summed E-state index contributed by atoms with van der Waals surface area (Å²) in [6, 6.07) is 3.73. The summed E-state index contributed by atoms with van der Waals surface area (Å²) in [7, 11) is 0. The second-order valence-corrected chi connectivity index (χ2v) is 7.60. The number of hydrazone groups is 1. The maximum absolute atomic E-state index is 14.0. The quantitative estimate of drug-likeness (QED) is 0.687. The molecule has 0 radical (unpaired) electrons. The molecule has 1 aliphatic heterocycles. The fraction of sp³-hybridized carbons (Fsp3) is 0.476. The number of aryl methyl sites for hydroxylation is 2. The van der Waals surface area contributed by atoms with E-state index in [-0.39, 0.29) is 29.9 Å². The molecule has 2 atom stereocenters. The van der Waals surface area contributed by atoms with Crippen molar-refractivity contribution in [2.45, 2.75) is 52.4 Å². The van der Waals surface area contributed by atoms with Crippen LogP contribution in [0.2, 0.25) is 0 Å². The lowest BCUT2D eigenvalue weighted by Crippen LogP contribution is -2.33. The zero-order valence-corrected chi connectivity index (χ0v) is 16.9. The number of furan rings is 1. The van der Waals surface area contributed by atoms with Crippen LogP contribution in [0.15, 0.2) is 27.8 Å². The van der Waals surface area contributed by atoms with Crippen molar-refractivity contribution in [3.05, 3.63) is 52.2 Å². The number of fused-ring (bicyclic) bond motifs is 3. The lowest BCUT2D eigenvalue weighted by atomic mass is 9.81. The number of hydrogen-bond donors (Lipinski definition) is 0. The fourth-order valence-electron chi connectivity index (χ4n) is 4.13. The van der Waals surface area contributed by atoms with E-state index < -0.39 is 23.5 Å². The zero-order valence-electron chi connectivity index (χ0n) is 16.9. The predicted molar refractivity (Wildman–Crippen MR) is 102 cm³/mol. The normalized spacial score (nSPS) is 20.6. The van der Waals surface area contributed by atoms with Gasteiger partial charge in [0.25, 0.3) is 0 Å². The fourth-order valence-corrected chi connectivity index (χ4v) is 4.13. The molecule has 2 aromatic heterocycles. The number of carbonyl (C=O) groups is 1. The Hall–Kier alpha value is -2.84. The molecule has 6 nitrogen and oxygen atoms in total. The number of pyridine rings is 1. The number of carbonyl (C=O) groups excluding carboxylic acids is 1. The lowest BCUT2D eigenvalue weighted by Gasteiger charge is -2.26. The number of rotatable bonds is 4. The lowest BCUT2D eigenvalue weighted by molar-refractivity contribution is -0.138. The molecule has 1 aliphatic carbocycles. The van der Waals surface area contributed by atoms with E-state index in [4.69, 9.17) is 9.15 Å². The first kappa shape index (κ1) is 20.4. The van der Waals surface area contributed by atoms with Crippen molar-refractivity contribution in [2.75, 3.05) is 6.61 Å². The maximum Gasteiger partial charge on any atom is 0.421 e. The Balaban J connectivity index is 1.76. The van der Waals surface area contributed by atoms with Crippen LogP contribution in [-0.2, 0) is 23.9 Å². The van der Waals surface area contributed by atoms with Gasteiger partial charge in [0.15, 0.2) is 0 Å². The van der Waals surface area contributed by atoms with Gasteiger partial charge in [-0.25, -0.2) is 4.79 Å². The smallest absolute Gasteiger partial charge is 0.421 e. The van der Waals surface area contributed by atoms with Crippen molar-refractivity contribution in [1.82, 2.24) is 9.99 Å². The average Bonchev–Trinajstić information content (AvgIpc) is 3.22. The molecule has 2 unspecified atom stereocenters. The Kier molecular flexibility index (Phi) is 5.07. The molecule has 0 fully saturated rings. The summed E-state index contributed by atoms with van der Waals surface area (Å²) in [4.78, 5) is 16.4. The van der Waals surface area contributed by atoms with E-state index in [1.807, 2.05) is 26.0 Å². The first-order chi connectivity index (χ1) is 14.2. The van der Waals surface area contributed by atoms with Gasteiger partial charge in [0.05, 0.1) is 30.5 Å². The molecule has 0 spiro atoms. The highest BCUT2D eigenvalue weighted by Gasteiger charge is 2.49. The second-order valence-electron chi connectivity index (χ2n) is 7.60. The SMILES string of the molecule is CCOC(=O)c1oc2c(c1C(F)(F)F)C1=NN(Cc3ccc(C)nc3)C(C)C1CC2. The van der Waals surface area contributed by atoms with Gasteiger partial charge in [-0.15, -0.1) is 0 Å². The standard InChI is InChI=1S/C21H22F3N3O3/c1-4-29-20(28)19-17(21(22,23)24)16-15(30-19)8-7-14-12(3)27(26-18(14)16)10-13-6-5-11(2)25-9-13/h5-6,9,12,14H,4,7-8,10H2,1-3H3. The Labute approximate surface area is 171 Å². The van der Waals surface area contributed by atoms with Crippen LogP contribution >= 0.6 is 0 Å². The molecule has 0 N–H and O–H groups in total. The van der Waals surface area contributed by atoms with Gasteiger partial charge in [0.2, 0.25) is 5.76 Å². The molecule has 2 aliphatic rings. The third-order valence-electron chi connectivity index (χ3n) is 5.62. The zero-order chi connectivity index (χ0) is 21.6. The van der Waals surface area contributed by atoms with Crippen LogP contribution < -0.4 is 0 Å². The summed E-state index contributed by atoms with van der Waals surface area (Å²) in [5.41, 5.74) is 0.961. The van der Waals surface area contributed by atoms with Crippen molar-refractivity contribution in [2.24, 2.45) is 11.0 Å². The van der Waals surface area contributed by atoms with E-state index in [0.29, 0.717) is 25.1 Å². The molecule has 30 heavy (non-hydrogen) atoms. The van der Waals surface area contributed by atoms with Gasteiger partial charge in [-0.1, -0.05) is 6.07 Å². The molecule has 0 amide bonds. The maximum atomic E-state index is 14.0. The monoisotopic (exact) mass is 421 g/mol. The van der Waals surface area contributed by atoms with Gasteiger partial charge in [-0.2, -0.15) is 18.3 Å². The molecule has 0 saturated heterocycles. The Morgan fingerprint density at radius 2 is 2.13 bits per heavy atom. The third kappa shape index (κ3) is 3.46. The highest BCUT2D eigenvalue weighted by Crippen LogP contribution is 2.45. The number of esters is 1. The van der Waals surface area contributed by atoms with Crippen LogP contribution in [0.3, 0.4) is 0 Å². The number of halogens is 3. The molecule has 9 heteroatoms. The number of alkyl halides is 3. The minimum atomic E-state index is -4.76. The topological polar surface area (TPSA) is 67.9 Å². The first-order valence-electron chi connectivity index (χ1n) is 9.87. The van der Waals surface area contributed by atoms with E-state index in [1.54, 1.807) is 11.2 Å². The molecule has 4 rings (SSSR count). The van der Waals surface area contributed by atoms with Gasteiger partial charge < -0.3 is 9.15 Å². The molecule has 0 saturated carbocycles. The highest BCUT2D eigenvalue weighted by molar-refractivity contribution is 6.08. The van der Waals surface area contributed by atoms with Crippen molar-refractivity contribution >= 4 is 11.7 Å². The number of ether oxygens (including phenoxy) is 1. The third-order valence-corrected chi connectivity index (χ3v) is 5.62. The summed E-state index contributed by atoms with van der Waals surface area (Å²) in [6.45, 7) is 5.77. The molecular formula is C21H22F3N3O3. The van der Waals surface area contributed by atoms with Gasteiger partial charge >= 0.3 is 12.1 Å².